The van der Waals surface area contributed by atoms with Crippen LogP contribution in [0.4, 0.5) is 5.82 Å². The molecule has 0 aliphatic rings. The molecular formula is C10H20N4O2S. The number of anilines is 1. The lowest BCUT2D eigenvalue weighted by Crippen LogP contribution is -2.25. The quantitative estimate of drug-likeness (QED) is 0.711. The summed E-state index contributed by atoms with van der Waals surface area (Å²) in [5, 5.41) is 3.81. The molecule has 1 aromatic rings. The summed E-state index contributed by atoms with van der Waals surface area (Å²) in [5.41, 5.74) is 5.53. The van der Waals surface area contributed by atoms with Crippen LogP contribution in [0.25, 0.3) is 0 Å². The van der Waals surface area contributed by atoms with E-state index in [1.165, 1.54) is 10.9 Å². The number of nitrogen functional groups attached to an aromatic ring is 1. The molecule has 0 fully saturated rings. The molecule has 0 saturated heterocycles. The summed E-state index contributed by atoms with van der Waals surface area (Å²) in [5.74, 6) is 0.0357. The van der Waals surface area contributed by atoms with Gasteiger partial charge in [0.15, 0.2) is 5.82 Å². The van der Waals surface area contributed by atoms with Crippen LogP contribution in [0.5, 0.6) is 0 Å². The summed E-state index contributed by atoms with van der Waals surface area (Å²) >= 11 is 0. The van der Waals surface area contributed by atoms with E-state index in [9.17, 15) is 8.42 Å². The Balaban J connectivity index is 2.54. The van der Waals surface area contributed by atoms with Crippen molar-refractivity contribution in [1.29, 1.82) is 0 Å². The van der Waals surface area contributed by atoms with Crippen LogP contribution in [0, 0.1) is 0 Å². The molecule has 0 unspecified atom stereocenters. The molecule has 0 radical (unpaired) electrons. The summed E-state index contributed by atoms with van der Waals surface area (Å²) in [6.45, 7) is 2.55. The minimum Gasteiger partial charge on any atom is -0.381 e. The van der Waals surface area contributed by atoms with Crippen LogP contribution in [0.2, 0.25) is 0 Å². The van der Waals surface area contributed by atoms with E-state index < -0.39 is 10.0 Å². The molecule has 6 nitrogen and oxygen atoms in total. The first-order valence-corrected chi connectivity index (χ1v) is 7.24. The minimum absolute atomic E-state index is 0.0357. The second-order valence-electron chi connectivity index (χ2n) is 4.01. The maximum atomic E-state index is 11.9. The van der Waals surface area contributed by atoms with E-state index >= 15 is 0 Å². The standard InChI is InChI=1S/C10H20N4O2S/c1-3-4-5-6-7-12-17(15,16)9-8-14(2)13-10(9)11/h8,12H,3-7H2,1-2H3,(H2,11,13). The van der Waals surface area contributed by atoms with Crippen molar-refractivity contribution in [3.63, 3.8) is 0 Å². The van der Waals surface area contributed by atoms with E-state index in [-0.39, 0.29) is 10.7 Å². The van der Waals surface area contributed by atoms with Gasteiger partial charge in [-0.2, -0.15) is 5.10 Å². The third kappa shape index (κ3) is 4.01. The summed E-state index contributed by atoms with van der Waals surface area (Å²) in [6.07, 6.45) is 5.53. The smallest absolute Gasteiger partial charge is 0.245 e. The lowest BCUT2D eigenvalue weighted by Gasteiger charge is -2.04. The molecule has 0 aliphatic carbocycles. The van der Waals surface area contributed by atoms with Gasteiger partial charge in [0.1, 0.15) is 4.90 Å². The maximum Gasteiger partial charge on any atom is 0.245 e. The Hall–Kier alpha value is -1.08. The van der Waals surface area contributed by atoms with E-state index in [0.29, 0.717) is 6.54 Å². The minimum atomic E-state index is -3.52. The first-order chi connectivity index (χ1) is 7.97. The second kappa shape index (κ2) is 6.02. The zero-order valence-corrected chi connectivity index (χ0v) is 11.1. The third-order valence-corrected chi connectivity index (χ3v) is 3.91. The largest absolute Gasteiger partial charge is 0.381 e. The summed E-state index contributed by atoms with van der Waals surface area (Å²) in [6, 6.07) is 0. The van der Waals surface area contributed by atoms with Crippen LogP contribution in [0.3, 0.4) is 0 Å². The van der Waals surface area contributed by atoms with Gasteiger partial charge in [0.25, 0.3) is 0 Å². The number of aryl methyl sites for hydroxylation is 1. The molecule has 0 spiro atoms. The Morgan fingerprint density at radius 1 is 1.41 bits per heavy atom. The monoisotopic (exact) mass is 260 g/mol. The van der Waals surface area contributed by atoms with Gasteiger partial charge >= 0.3 is 0 Å². The van der Waals surface area contributed by atoms with Crippen LogP contribution in [0.15, 0.2) is 11.1 Å². The van der Waals surface area contributed by atoms with Crippen molar-refractivity contribution < 1.29 is 8.42 Å². The van der Waals surface area contributed by atoms with Gasteiger partial charge in [-0.05, 0) is 6.42 Å². The number of unbranched alkanes of at least 4 members (excludes halogenated alkanes) is 3. The van der Waals surface area contributed by atoms with Crippen LogP contribution in [0.1, 0.15) is 32.6 Å². The number of nitrogens with zero attached hydrogens (tertiary/aromatic N) is 2. The number of rotatable bonds is 7. The Morgan fingerprint density at radius 3 is 2.65 bits per heavy atom. The highest BCUT2D eigenvalue weighted by Gasteiger charge is 2.19. The topological polar surface area (TPSA) is 90.0 Å². The highest BCUT2D eigenvalue weighted by Crippen LogP contribution is 2.15. The van der Waals surface area contributed by atoms with Crippen LogP contribution in [-0.4, -0.2) is 24.7 Å². The first kappa shape index (κ1) is 14.0. The van der Waals surface area contributed by atoms with E-state index in [4.69, 9.17) is 5.73 Å². The molecule has 7 heteroatoms. The van der Waals surface area contributed by atoms with E-state index in [1.807, 2.05) is 0 Å². The van der Waals surface area contributed by atoms with Crippen molar-refractivity contribution in [3.8, 4) is 0 Å². The fraction of sp³-hybridized carbons (Fsp3) is 0.700. The van der Waals surface area contributed by atoms with E-state index in [1.54, 1.807) is 7.05 Å². The molecule has 0 aromatic carbocycles. The van der Waals surface area contributed by atoms with E-state index in [2.05, 4.69) is 16.7 Å². The molecule has 0 saturated carbocycles. The van der Waals surface area contributed by atoms with Gasteiger partial charge < -0.3 is 5.73 Å². The fourth-order valence-corrected chi connectivity index (χ4v) is 2.70. The zero-order valence-electron chi connectivity index (χ0n) is 10.3. The lowest BCUT2D eigenvalue weighted by atomic mass is 10.2. The van der Waals surface area contributed by atoms with Gasteiger partial charge in [0.05, 0.1) is 0 Å². The first-order valence-electron chi connectivity index (χ1n) is 5.76. The van der Waals surface area contributed by atoms with Gasteiger partial charge in [0.2, 0.25) is 10.0 Å². The molecule has 0 bridgehead atoms. The number of aromatic nitrogens is 2. The molecule has 0 aliphatic heterocycles. The second-order valence-corrected chi connectivity index (χ2v) is 5.75. The average molecular weight is 260 g/mol. The van der Waals surface area contributed by atoms with Crippen molar-refractivity contribution in [1.82, 2.24) is 14.5 Å². The molecule has 1 heterocycles. The molecular weight excluding hydrogens is 240 g/mol. The molecule has 0 atom stereocenters. The Labute approximate surface area is 102 Å². The molecule has 1 aromatic heterocycles. The molecule has 17 heavy (non-hydrogen) atoms. The van der Waals surface area contributed by atoms with Gasteiger partial charge in [-0.3, -0.25) is 4.68 Å². The van der Waals surface area contributed by atoms with Gasteiger partial charge in [0, 0.05) is 19.8 Å². The summed E-state index contributed by atoms with van der Waals surface area (Å²) in [4.78, 5) is 0.0514. The normalized spacial score (nSPS) is 11.9. The molecule has 98 valence electrons. The number of hydrogen-bond acceptors (Lipinski definition) is 4. The Bertz CT molecular complexity index is 453. The fourth-order valence-electron chi connectivity index (χ4n) is 1.53. The van der Waals surface area contributed by atoms with Crippen molar-refractivity contribution in [2.45, 2.75) is 37.5 Å². The number of nitrogens with one attached hydrogen (secondary N) is 1. The van der Waals surface area contributed by atoms with Crippen molar-refractivity contribution >= 4 is 15.8 Å². The van der Waals surface area contributed by atoms with Crippen molar-refractivity contribution in [2.75, 3.05) is 12.3 Å². The third-order valence-electron chi connectivity index (χ3n) is 2.43. The van der Waals surface area contributed by atoms with Crippen LogP contribution in [-0.2, 0) is 17.1 Å². The van der Waals surface area contributed by atoms with Crippen molar-refractivity contribution in [2.24, 2.45) is 7.05 Å². The Kier molecular flexibility index (Phi) is 4.95. The SMILES string of the molecule is CCCCCCNS(=O)(=O)c1cn(C)nc1N. The van der Waals surface area contributed by atoms with Crippen LogP contribution < -0.4 is 10.5 Å². The van der Waals surface area contributed by atoms with Gasteiger partial charge in [-0.15, -0.1) is 0 Å². The van der Waals surface area contributed by atoms with Crippen LogP contribution >= 0.6 is 0 Å². The predicted octanol–water partition coefficient (Wildman–Crippen LogP) is 0.861. The highest BCUT2D eigenvalue weighted by molar-refractivity contribution is 7.89. The lowest BCUT2D eigenvalue weighted by molar-refractivity contribution is 0.574. The molecule has 1 rings (SSSR count). The zero-order chi connectivity index (χ0) is 12.9. The molecule has 0 amide bonds. The predicted molar refractivity (Wildman–Crippen MR) is 67.0 cm³/mol. The average Bonchev–Trinajstić information content (AvgIpc) is 2.58. The Morgan fingerprint density at radius 2 is 2.12 bits per heavy atom. The summed E-state index contributed by atoms with van der Waals surface area (Å²) < 4.78 is 27.6. The van der Waals surface area contributed by atoms with Crippen molar-refractivity contribution in [3.05, 3.63) is 6.20 Å². The molecule has 3 N–H and O–H groups in total. The number of nitrogens with two attached hydrogens (primary N) is 1. The van der Waals surface area contributed by atoms with Gasteiger partial charge in [-0.25, -0.2) is 13.1 Å². The maximum absolute atomic E-state index is 11.9. The number of hydrogen-bond donors (Lipinski definition) is 2. The van der Waals surface area contributed by atoms with Gasteiger partial charge in [-0.1, -0.05) is 26.2 Å². The number of sulfonamides is 1. The van der Waals surface area contributed by atoms with E-state index in [0.717, 1.165) is 25.7 Å². The summed E-state index contributed by atoms with van der Waals surface area (Å²) in [7, 11) is -1.88. The highest BCUT2D eigenvalue weighted by atomic mass is 32.2.